The minimum Gasteiger partial charge on any atom is -0.375 e. The van der Waals surface area contributed by atoms with Crippen LogP contribution < -0.4 is 0 Å². The summed E-state index contributed by atoms with van der Waals surface area (Å²) in [6.45, 7) is 3.27. The van der Waals surface area contributed by atoms with Crippen molar-refractivity contribution >= 4 is 0 Å². The molecule has 0 aliphatic carbocycles. The summed E-state index contributed by atoms with van der Waals surface area (Å²) in [7, 11) is 0. The van der Waals surface area contributed by atoms with Gasteiger partial charge >= 0.3 is 0 Å². The predicted octanol–water partition coefficient (Wildman–Crippen LogP) is 3.45. The summed E-state index contributed by atoms with van der Waals surface area (Å²) in [4.78, 5) is 6.83. The number of ether oxygens (including phenoxy) is 1. The molecule has 5 heteroatoms. The second kappa shape index (κ2) is 7.81. The molecule has 1 saturated heterocycles. The Labute approximate surface area is 152 Å². The summed E-state index contributed by atoms with van der Waals surface area (Å²) < 4.78 is 21.4. The fourth-order valence-corrected chi connectivity index (χ4v) is 3.47. The number of morpholine rings is 1. The van der Waals surface area contributed by atoms with E-state index in [9.17, 15) is 4.39 Å². The average molecular weight is 351 g/mol. The highest BCUT2D eigenvalue weighted by Gasteiger charge is 2.22. The molecule has 3 heterocycles. The molecular formula is C21H22FN3O. The summed E-state index contributed by atoms with van der Waals surface area (Å²) in [5.41, 5.74) is 2.18. The van der Waals surface area contributed by atoms with Crippen molar-refractivity contribution in [3.8, 4) is 5.82 Å². The third-order valence-corrected chi connectivity index (χ3v) is 4.69. The first-order valence-electron chi connectivity index (χ1n) is 8.94. The molecule has 0 amide bonds. The van der Waals surface area contributed by atoms with Crippen molar-refractivity contribution in [3.05, 3.63) is 84.1 Å². The van der Waals surface area contributed by atoms with Gasteiger partial charge in [0.05, 0.1) is 12.7 Å². The lowest BCUT2D eigenvalue weighted by Crippen LogP contribution is -2.43. The van der Waals surface area contributed by atoms with Gasteiger partial charge < -0.3 is 9.30 Å². The number of hydrogen-bond donors (Lipinski definition) is 0. The van der Waals surface area contributed by atoms with Crippen molar-refractivity contribution in [2.24, 2.45) is 0 Å². The monoisotopic (exact) mass is 351 g/mol. The van der Waals surface area contributed by atoms with E-state index in [-0.39, 0.29) is 11.9 Å². The van der Waals surface area contributed by atoms with Crippen molar-refractivity contribution in [1.82, 2.24) is 14.5 Å². The molecule has 26 heavy (non-hydrogen) atoms. The lowest BCUT2D eigenvalue weighted by atomic mass is 10.1. The van der Waals surface area contributed by atoms with E-state index in [1.54, 1.807) is 12.1 Å². The van der Waals surface area contributed by atoms with Crippen LogP contribution in [0.2, 0.25) is 0 Å². The van der Waals surface area contributed by atoms with Crippen LogP contribution in [0.4, 0.5) is 4.39 Å². The van der Waals surface area contributed by atoms with Crippen molar-refractivity contribution < 1.29 is 9.13 Å². The zero-order valence-corrected chi connectivity index (χ0v) is 14.6. The van der Waals surface area contributed by atoms with Crippen LogP contribution in [0.1, 0.15) is 11.3 Å². The van der Waals surface area contributed by atoms with E-state index in [4.69, 9.17) is 4.74 Å². The molecule has 0 saturated carbocycles. The Morgan fingerprint density at radius 2 is 2.08 bits per heavy atom. The number of aromatic nitrogens is 2. The van der Waals surface area contributed by atoms with Crippen LogP contribution in [0.3, 0.4) is 0 Å². The first-order valence-corrected chi connectivity index (χ1v) is 8.94. The van der Waals surface area contributed by atoms with E-state index >= 15 is 0 Å². The number of halogens is 1. The average Bonchev–Trinajstić information content (AvgIpc) is 3.11. The molecule has 1 atom stereocenters. The molecule has 0 unspecified atom stereocenters. The van der Waals surface area contributed by atoms with E-state index in [1.165, 1.54) is 11.8 Å². The lowest BCUT2D eigenvalue weighted by molar-refractivity contribution is -0.0310. The first kappa shape index (κ1) is 16.9. The van der Waals surface area contributed by atoms with E-state index in [1.807, 2.05) is 36.7 Å². The van der Waals surface area contributed by atoms with Gasteiger partial charge in [0.1, 0.15) is 11.6 Å². The SMILES string of the molecule is Fc1cccc(C[C@H]2CN(Cc3cccn3-c3ccccn3)CCO2)c1. The van der Waals surface area contributed by atoms with Crippen molar-refractivity contribution in [2.75, 3.05) is 19.7 Å². The summed E-state index contributed by atoms with van der Waals surface area (Å²) in [6.07, 6.45) is 4.67. The van der Waals surface area contributed by atoms with Gasteiger partial charge in [-0.15, -0.1) is 0 Å². The molecule has 3 aromatic rings. The second-order valence-electron chi connectivity index (χ2n) is 6.62. The van der Waals surface area contributed by atoms with Crippen molar-refractivity contribution in [1.29, 1.82) is 0 Å². The van der Waals surface area contributed by atoms with Crippen LogP contribution in [0.5, 0.6) is 0 Å². The third kappa shape index (κ3) is 4.00. The van der Waals surface area contributed by atoms with Gasteiger partial charge in [-0.2, -0.15) is 0 Å². The Balaban J connectivity index is 1.42. The number of pyridine rings is 1. The van der Waals surface area contributed by atoms with Gasteiger partial charge in [0.25, 0.3) is 0 Å². The largest absolute Gasteiger partial charge is 0.375 e. The van der Waals surface area contributed by atoms with Gasteiger partial charge in [-0.05, 0) is 48.4 Å². The summed E-state index contributed by atoms with van der Waals surface area (Å²) in [5, 5.41) is 0. The molecule has 0 N–H and O–H groups in total. The predicted molar refractivity (Wildman–Crippen MR) is 98.7 cm³/mol. The number of benzene rings is 1. The van der Waals surface area contributed by atoms with Crippen LogP contribution in [0.25, 0.3) is 5.82 Å². The topological polar surface area (TPSA) is 30.3 Å². The van der Waals surface area contributed by atoms with Gasteiger partial charge in [-0.3, -0.25) is 4.90 Å². The summed E-state index contributed by atoms with van der Waals surface area (Å²) in [6, 6.07) is 16.9. The molecule has 4 rings (SSSR count). The minimum atomic E-state index is -0.191. The standard InChI is InChI=1S/C21H22FN3O/c22-18-6-3-5-17(13-18)14-20-16-24(11-12-26-20)15-19-7-4-10-25(19)21-8-1-2-9-23-21/h1-10,13,20H,11-12,14-16H2/t20-/m0/s1. The number of rotatable bonds is 5. The van der Waals surface area contributed by atoms with Crippen molar-refractivity contribution in [2.45, 2.75) is 19.1 Å². The molecule has 1 aromatic carbocycles. The van der Waals surface area contributed by atoms with E-state index < -0.39 is 0 Å². The molecule has 1 fully saturated rings. The first-order chi connectivity index (χ1) is 12.8. The van der Waals surface area contributed by atoms with Crippen LogP contribution in [0.15, 0.2) is 67.0 Å². The molecule has 1 aliphatic rings. The maximum atomic E-state index is 13.4. The fourth-order valence-electron chi connectivity index (χ4n) is 3.47. The van der Waals surface area contributed by atoms with Gasteiger partial charge in [0.2, 0.25) is 0 Å². The highest BCUT2D eigenvalue weighted by molar-refractivity contribution is 5.27. The van der Waals surface area contributed by atoms with E-state index in [2.05, 4.69) is 26.6 Å². The van der Waals surface area contributed by atoms with Gasteiger partial charge in [-0.1, -0.05) is 18.2 Å². The van der Waals surface area contributed by atoms with E-state index in [0.717, 1.165) is 37.4 Å². The maximum Gasteiger partial charge on any atom is 0.136 e. The molecule has 0 radical (unpaired) electrons. The van der Waals surface area contributed by atoms with Crippen LogP contribution in [-0.4, -0.2) is 40.3 Å². The van der Waals surface area contributed by atoms with Gasteiger partial charge in [0, 0.05) is 37.7 Å². The molecule has 134 valence electrons. The normalized spacial score (nSPS) is 18.1. The Morgan fingerprint density at radius 1 is 1.12 bits per heavy atom. The zero-order valence-electron chi connectivity index (χ0n) is 14.6. The second-order valence-corrected chi connectivity index (χ2v) is 6.62. The molecule has 0 spiro atoms. The molecule has 4 nitrogen and oxygen atoms in total. The van der Waals surface area contributed by atoms with Crippen LogP contribution in [0, 0.1) is 5.82 Å². The minimum absolute atomic E-state index is 0.0869. The van der Waals surface area contributed by atoms with Gasteiger partial charge in [0.15, 0.2) is 0 Å². The van der Waals surface area contributed by atoms with Crippen LogP contribution >= 0.6 is 0 Å². The number of nitrogens with zero attached hydrogens (tertiary/aromatic N) is 3. The molecule has 2 aromatic heterocycles. The zero-order chi connectivity index (χ0) is 17.8. The van der Waals surface area contributed by atoms with Crippen LogP contribution in [-0.2, 0) is 17.7 Å². The highest BCUT2D eigenvalue weighted by atomic mass is 19.1. The molecule has 1 aliphatic heterocycles. The third-order valence-electron chi connectivity index (χ3n) is 4.69. The van der Waals surface area contributed by atoms with Gasteiger partial charge in [-0.25, -0.2) is 9.37 Å². The Morgan fingerprint density at radius 3 is 2.92 bits per heavy atom. The van der Waals surface area contributed by atoms with E-state index in [0.29, 0.717) is 6.61 Å². The Kier molecular flexibility index (Phi) is 5.09. The molecule has 0 bridgehead atoms. The maximum absolute atomic E-state index is 13.4. The lowest BCUT2D eigenvalue weighted by Gasteiger charge is -2.33. The smallest absolute Gasteiger partial charge is 0.136 e. The summed E-state index contributed by atoms with van der Waals surface area (Å²) in [5.74, 6) is 0.737. The molecular weight excluding hydrogens is 329 g/mol. The summed E-state index contributed by atoms with van der Waals surface area (Å²) >= 11 is 0. The Hall–Kier alpha value is -2.50. The Bertz CT molecular complexity index is 849. The van der Waals surface area contributed by atoms with Crippen molar-refractivity contribution in [3.63, 3.8) is 0 Å². The quantitative estimate of drug-likeness (QED) is 0.705. The highest BCUT2D eigenvalue weighted by Crippen LogP contribution is 2.17. The fraction of sp³-hybridized carbons (Fsp3) is 0.286. The number of hydrogen-bond acceptors (Lipinski definition) is 3.